The van der Waals surface area contributed by atoms with Gasteiger partial charge in [0.25, 0.3) is 5.91 Å². The lowest BCUT2D eigenvalue weighted by atomic mass is 9.89. The minimum Gasteiger partial charge on any atom is -0.366 e. The molecule has 4 nitrogen and oxygen atoms in total. The van der Waals surface area contributed by atoms with Gasteiger partial charge in [-0.3, -0.25) is 9.59 Å². The number of carbonyl (C=O) groups is 2. The Kier molecular flexibility index (Phi) is 4.65. The van der Waals surface area contributed by atoms with Crippen molar-refractivity contribution < 1.29 is 9.59 Å². The number of primary amides is 1. The van der Waals surface area contributed by atoms with E-state index in [1.165, 1.54) is 24.0 Å². The normalized spacial score (nSPS) is 14.5. The molecule has 1 aliphatic rings. The molecule has 4 heteroatoms. The van der Waals surface area contributed by atoms with Crippen molar-refractivity contribution in [2.45, 2.75) is 38.6 Å². The van der Waals surface area contributed by atoms with E-state index >= 15 is 0 Å². The van der Waals surface area contributed by atoms with Crippen LogP contribution in [-0.2, 0) is 12.8 Å². The largest absolute Gasteiger partial charge is 0.366 e. The van der Waals surface area contributed by atoms with E-state index in [0.29, 0.717) is 11.1 Å². The van der Waals surface area contributed by atoms with E-state index in [-0.39, 0.29) is 11.9 Å². The van der Waals surface area contributed by atoms with E-state index in [9.17, 15) is 9.59 Å². The van der Waals surface area contributed by atoms with Crippen molar-refractivity contribution >= 4 is 11.8 Å². The van der Waals surface area contributed by atoms with E-state index in [0.717, 1.165) is 18.4 Å². The van der Waals surface area contributed by atoms with Gasteiger partial charge in [0, 0.05) is 11.1 Å². The molecule has 1 atom stereocenters. The Hall–Kier alpha value is -2.62. The van der Waals surface area contributed by atoms with Crippen molar-refractivity contribution in [3.63, 3.8) is 0 Å². The van der Waals surface area contributed by atoms with Gasteiger partial charge in [-0.15, -0.1) is 0 Å². The Bertz CT molecular complexity index is 766. The summed E-state index contributed by atoms with van der Waals surface area (Å²) in [5, 5.41) is 3.01. The smallest absolute Gasteiger partial charge is 0.251 e. The van der Waals surface area contributed by atoms with Crippen molar-refractivity contribution in [2.75, 3.05) is 0 Å². The summed E-state index contributed by atoms with van der Waals surface area (Å²) in [4.78, 5) is 23.5. The van der Waals surface area contributed by atoms with E-state index in [4.69, 9.17) is 5.73 Å². The van der Waals surface area contributed by atoms with Crippen molar-refractivity contribution in [3.05, 3.63) is 70.3 Å². The molecule has 2 amide bonds. The van der Waals surface area contributed by atoms with Crippen LogP contribution in [0.15, 0.2) is 42.5 Å². The highest BCUT2D eigenvalue weighted by Crippen LogP contribution is 2.25. The Balaban J connectivity index is 1.70. The van der Waals surface area contributed by atoms with E-state index in [2.05, 4.69) is 23.5 Å². The molecule has 124 valence electrons. The summed E-state index contributed by atoms with van der Waals surface area (Å²) >= 11 is 0. The lowest BCUT2D eigenvalue weighted by Gasteiger charge is -2.20. The van der Waals surface area contributed by atoms with Gasteiger partial charge in [0.15, 0.2) is 0 Å². The fourth-order valence-corrected chi connectivity index (χ4v) is 3.17. The molecule has 2 aromatic rings. The second-order valence-electron chi connectivity index (χ2n) is 6.37. The third-order valence-corrected chi connectivity index (χ3v) is 4.65. The predicted octanol–water partition coefficient (Wildman–Crippen LogP) is 3.16. The molecule has 0 saturated heterocycles. The molecule has 0 bridgehead atoms. The summed E-state index contributed by atoms with van der Waals surface area (Å²) in [6.45, 7) is 1.99. The number of aryl methyl sites for hydroxylation is 2. The average molecular weight is 322 g/mol. The monoisotopic (exact) mass is 322 g/mol. The Labute approximate surface area is 142 Å². The minimum atomic E-state index is -0.496. The van der Waals surface area contributed by atoms with Crippen LogP contribution in [0, 0.1) is 0 Å². The van der Waals surface area contributed by atoms with Crippen LogP contribution in [0.25, 0.3) is 0 Å². The third-order valence-electron chi connectivity index (χ3n) is 4.65. The molecular formula is C20H22N2O2. The molecule has 0 aromatic heterocycles. The van der Waals surface area contributed by atoms with E-state index in [1.54, 1.807) is 24.3 Å². The van der Waals surface area contributed by atoms with Gasteiger partial charge in [-0.25, -0.2) is 0 Å². The molecule has 3 N–H and O–H groups in total. The highest BCUT2D eigenvalue weighted by Gasteiger charge is 2.15. The molecule has 0 radical (unpaired) electrons. The first-order chi connectivity index (χ1) is 11.5. The Morgan fingerprint density at radius 1 is 0.958 bits per heavy atom. The molecular weight excluding hydrogens is 300 g/mol. The Morgan fingerprint density at radius 2 is 1.58 bits per heavy atom. The topological polar surface area (TPSA) is 72.2 Å². The number of rotatable bonds is 4. The number of fused-ring (bicyclic) bond motifs is 1. The van der Waals surface area contributed by atoms with Gasteiger partial charge in [0.1, 0.15) is 0 Å². The van der Waals surface area contributed by atoms with Crippen molar-refractivity contribution in [3.8, 4) is 0 Å². The Morgan fingerprint density at radius 3 is 2.25 bits per heavy atom. The summed E-state index contributed by atoms with van der Waals surface area (Å²) in [5.74, 6) is -0.652. The zero-order valence-electron chi connectivity index (χ0n) is 13.8. The second-order valence-corrected chi connectivity index (χ2v) is 6.37. The summed E-state index contributed by atoms with van der Waals surface area (Å²) in [6, 6.07) is 12.8. The number of carbonyl (C=O) groups excluding carboxylic acids is 2. The minimum absolute atomic E-state index is 0.0689. The van der Waals surface area contributed by atoms with Crippen molar-refractivity contribution in [1.29, 1.82) is 0 Å². The number of hydrogen-bond acceptors (Lipinski definition) is 2. The molecule has 2 aromatic carbocycles. The molecule has 1 unspecified atom stereocenters. The van der Waals surface area contributed by atoms with Gasteiger partial charge in [0.2, 0.25) is 5.91 Å². The van der Waals surface area contributed by atoms with Crippen LogP contribution in [0.2, 0.25) is 0 Å². The van der Waals surface area contributed by atoms with E-state index < -0.39 is 5.91 Å². The molecule has 0 saturated carbocycles. The zero-order chi connectivity index (χ0) is 17.1. The molecule has 1 aliphatic carbocycles. The van der Waals surface area contributed by atoms with Gasteiger partial charge >= 0.3 is 0 Å². The quantitative estimate of drug-likeness (QED) is 0.907. The predicted molar refractivity (Wildman–Crippen MR) is 93.9 cm³/mol. The highest BCUT2D eigenvalue weighted by molar-refractivity contribution is 5.97. The lowest BCUT2D eigenvalue weighted by molar-refractivity contribution is 0.0937. The van der Waals surface area contributed by atoms with Gasteiger partial charge in [-0.05, 0) is 73.6 Å². The first-order valence-electron chi connectivity index (χ1n) is 8.37. The lowest BCUT2D eigenvalue weighted by Crippen LogP contribution is -2.27. The van der Waals surface area contributed by atoms with E-state index in [1.807, 2.05) is 6.92 Å². The van der Waals surface area contributed by atoms with Gasteiger partial charge in [0.05, 0.1) is 6.04 Å². The van der Waals surface area contributed by atoms with Crippen LogP contribution in [0.3, 0.4) is 0 Å². The third kappa shape index (κ3) is 3.48. The molecule has 0 heterocycles. The fourth-order valence-electron chi connectivity index (χ4n) is 3.17. The highest BCUT2D eigenvalue weighted by atomic mass is 16.2. The van der Waals surface area contributed by atoms with Crippen LogP contribution in [0.4, 0.5) is 0 Å². The van der Waals surface area contributed by atoms with Gasteiger partial charge in [-0.2, -0.15) is 0 Å². The van der Waals surface area contributed by atoms with Crippen LogP contribution < -0.4 is 11.1 Å². The van der Waals surface area contributed by atoms with Crippen LogP contribution in [0.1, 0.15) is 63.2 Å². The molecule has 3 rings (SSSR count). The number of hydrogen-bond donors (Lipinski definition) is 2. The average Bonchev–Trinajstić information content (AvgIpc) is 2.61. The number of benzene rings is 2. The molecule has 0 fully saturated rings. The van der Waals surface area contributed by atoms with Crippen LogP contribution in [0.5, 0.6) is 0 Å². The number of nitrogens with one attached hydrogen (secondary N) is 1. The molecule has 24 heavy (non-hydrogen) atoms. The summed E-state index contributed by atoms with van der Waals surface area (Å²) < 4.78 is 0. The van der Waals surface area contributed by atoms with Crippen LogP contribution >= 0.6 is 0 Å². The van der Waals surface area contributed by atoms with Crippen molar-refractivity contribution in [1.82, 2.24) is 5.32 Å². The van der Waals surface area contributed by atoms with Gasteiger partial charge in [-0.1, -0.05) is 18.2 Å². The summed E-state index contributed by atoms with van der Waals surface area (Å²) in [5.41, 5.74) is 10.1. The van der Waals surface area contributed by atoms with Crippen molar-refractivity contribution in [2.24, 2.45) is 5.73 Å². The first kappa shape index (κ1) is 16.2. The standard InChI is InChI=1S/C20H22N2O2/c1-13(17-11-6-14-4-2-3-5-18(14)12-17)22-20(24)16-9-7-15(8-10-16)19(21)23/h6-13H,2-5H2,1H3,(H2,21,23)(H,22,24). The number of amides is 2. The second kappa shape index (κ2) is 6.87. The van der Waals surface area contributed by atoms with Crippen LogP contribution in [-0.4, -0.2) is 11.8 Å². The molecule has 0 spiro atoms. The fraction of sp³-hybridized carbons (Fsp3) is 0.300. The summed E-state index contributed by atoms with van der Waals surface area (Å²) in [6.07, 6.45) is 4.78. The number of nitrogens with two attached hydrogens (primary N) is 1. The zero-order valence-corrected chi connectivity index (χ0v) is 13.8. The summed E-state index contributed by atoms with van der Waals surface area (Å²) in [7, 11) is 0. The maximum Gasteiger partial charge on any atom is 0.251 e. The maximum absolute atomic E-state index is 12.4. The first-order valence-corrected chi connectivity index (χ1v) is 8.37. The molecule has 0 aliphatic heterocycles. The van der Waals surface area contributed by atoms with Gasteiger partial charge < -0.3 is 11.1 Å². The SMILES string of the molecule is CC(NC(=O)c1ccc(C(N)=O)cc1)c1ccc2c(c1)CCCC2. The maximum atomic E-state index is 12.4.